The molecule has 0 spiro atoms. The van der Waals surface area contributed by atoms with Crippen molar-refractivity contribution in [3.63, 3.8) is 0 Å². The number of rotatable bonds is 3. The Bertz CT molecular complexity index is 98.6. The van der Waals surface area contributed by atoms with Gasteiger partial charge >= 0.3 is 0 Å². The van der Waals surface area contributed by atoms with Crippen molar-refractivity contribution in [3.05, 3.63) is 18.7 Å². The van der Waals surface area contributed by atoms with Crippen LogP contribution in [0.3, 0.4) is 0 Å². The summed E-state index contributed by atoms with van der Waals surface area (Å²) in [5, 5.41) is 8.12. The molecule has 0 saturated heterocycles. The van der Waals surface area contributed by atoms with Gasteiger partial charge in [0, 0.05) is 0 Å². The summed E-state index contributed by atoms with van der Waals surface area (Å²) in [7, 11) is 0. The van der Waals surface area contributed by atoms with Gasteiger partial charge in [-0.3, -0.25) is 4.79 Å². The van der Waals surface area contributed by atoms with E-state index in [4.69, 9.17) is 10.8 Å². The van der Waals surface area contributed by atoms with E-state index in [0.717, 1.165) is 6.54 Å². The predicted molar refractivity (Wildman–Crippen MR) is 29.7 cm³/mol. The molecule has 8 heavy (non-hydrogen) atoms. The second kappa shape index (κ2) is 4.49. The highest BCUT2D eigenvalue weighted by Gasteiger charge is 1.86. The second-order valence-electron chi connectivity index (χ2n) is 1.15. The van der Waals surface area contributed by atoms with E-state index in [9.17, 15) is 4.79 Å². The molecule has 0 atom stereocenters. The van der Waals surface area contributed by atoms with Gasteiger partial charge in [-0.1, -0.05) is 6.08 Å². The highest BCUT2D eigenvalue weighted by molar-refractivity contribution is 5.96. The molecule has 3 nitrogen and oxygen atoms in total. The summed E-state index contributed by atoms with van der Waals surface area (Å²) in [6.07, 6.45) is 2.53. The van der Waals surface area contributed by atoms with Crippen molar-refractivity contribution >= 4 is 5.78 Å². The summed E-state index contributed by atoms with van der Waals surface area (Å²) >= 11 is 0. The number of hydrogen-bond acceptors (Lipinski definition) is 3. The number of ketones is 1. The number of aliphatic hydroxyl groups is 1. The molecule has 3 heteroatoms. The fourth-order valence-corrected chi connectivity index (χ4v) is 0.224. The van der Waals surface area contributed by atoms with E-state index in [2.05, 4.69) is 0 Å². The van der Waals surface area contributed by atoms with Gasteiger partial charge in [-0.15, -0.1) is 0 Å². The van der Waals surface area contributed by atoms with Gasteiger partial charge in [-0.25, -0.2) is 0 Å². The molecule has 0 aromatic heterocycles. The van der Waals surface area contributed by atoms with Gasteiger partial charge in [-0.05, 0) is 6.08 Å². The Morgan fingerprint density at radius 3 is 2.75 bits per heavy atom. The maximum absolute atomic E-state index is 10.2. The minimum Gasteiger partial charge on any atom is -0.392 e. The third-order valence-corrected chi connectivity index (χ3v) is 0.552. The summed E-state index contributed by atoms with van der Waals surface area (Å²) in [6.45, 7) is 0.811. The van der Waals surface area contributed by atoms with Crippen LogP contribution in [-0.4, -0.2) is 17.5 Å². The maximum atomic E-state index is 10.2. The summed E-state index contributed by atoms with van der Waals surface area (Å²) in [6, 6.07) is 0. The maximum Gasteiger partial charge on any atom is 0.174 e. The first-order valence-electron chi connectivity index (χ1n) is 2.17. The average molecular weight is 114 g/mol. The molecule has 0 aliphatic rings. The van der Waals surface area contributed by atoms with E-state index < -0.39 is 0 Å². The molecule has 1 radical (unpaired) electrons. The van der Waals surface area contributed by atoms with Crippen LogP contribution in [0.15, 0.2) is 12.2 Å². The molecule has 45 valence electrons. The zero-order valence-corrected chi connectivity index (χ0v) is 4.37. The van der Waals surface area contributed by atoms with Crippen LogP contribution in [0.4, 0.5) is 0 Å². The smallest absolute Gasteiger partial charge is 0.174 e. The highest BCUT2D eigenvalue weighted by Crippen LogP contribution is 1.74. The molecule has 0 fully saturated rings. The van der Waals surface area contributed by atoms with Crippen molar-refractivity contribution in [1.29, 1.82) is 0 Å². The molecular weight excluding hydrogens is 106 g/mol. The van der Waals surface area contributed by atoms with Crippen LogP contribution < -0.4 is 5.73 Å². The number of carbonyl (C=O) groups excluding carboxylic acids is 1. The number of hydrogen-bond donors (Lipinski definition) is 2. The first-order chi connectivity index (χ1) is 3.81. The first-order valence-corrected chi connectivity index (χ1v) is 2.17. The summed E-state index contributed by atoms with van der Waals surface area (Å²) < 4.78 is 0. The Labute approximate surface area is 47.8 Å². The summed E-state index contributed by atoms with van der Waals surface area (Å²) in [5.41, 5.74) is 4.81. The lowest BCUT2D eigenvalue weighted by Crippen LogP contribution is -2.01. The van der Waals surface area contributed by atoms with Crippen LogP contribution in [0.5, 0.6) is 0 Å². The van der Waals surface area contributed by atoms with Gasteiger partial charge in [0.15, 0.2) is 5.78 Å². The van der Waals surface area contributed by atoms with Gasteiger partial charge in [0.1, 0.15) is 0 Å². The van der Waals surface area contributed by atoms with Crippen molar-refractivity contribution in [2.75, 3.05) is 6.61 Å². The highest BCUT2D eigenvalue weighted by atomic mass is 16.2. The van der Waals surface area contributed by atoms with E-state index in [1.807, 2.05) is 0 Å². The SMILES string of the molecule is N[CH]C(=O)/C=C/CO. The molecule has 0 aliphatic carbocycles. The second-order valence-corrected chi connectivity index (χ2v) is 1.15. The third kappa shape index (κ3) is 3.52. The normalized spacial score (nSPS) is 10.2. The average Bonchev–Trinajstić information content (AvgIpc) is 1.83. The molecule has 0 aromatic carbocycles. The lowest BCUT2D eigenvalue weighted by atomic mass is 10.3. The Morgan fingerprint density at radius 2 is 2.38 bits per heavy atom. The van der Waals surface area contributed by atoms with Crippen molar-refractivity contribution in [3.8, 4) is 0 Å². The van der Waals surface area contributed by atoms with E-state index in [1.165, 1.54) is 12.2 Å². The van der Waals surface area contributed by atoms with Crippen LogP contribution in [0.25, 0.3) is 0 Å². The molecule has 0 saturated carbocycles. The zero-order valence-electron chi connectivity index (χ0n) is 4.37. The molecule has 3 N–H and O–H groups in total. The molecule has 0 aliphatic heterocycles. The Balaban J connectivity index is 3.37. The van der Waals surface area contributed by atoms with Crippen LogP contribution in [0, 0.1) is 6.54 Å². The fourth-order valence-electron chi connectivity index (χ4n) is 0.224. The lowest BCUT2D eigenvalue weighted by molar-refractivity contribution is -0.111. The van der Waals surface area contributed by atoms with Crippen molar-refractivity contribution in [1.82, 2.24) is 0 Å². The molecule has 0 aromatic rings. The van der Waals surface area contributed by atoms with Gasteiger partial charge in [0.05, 0.1) is 13.2 Å². The van der Waals surface area contributed by atoms with Crippen LogP contribution in [-0.2, 0) is 4.79 Å². The van der Waals surface area contributed by atoms with Gasteiger partial charge in [0.2, 0.25) is 0 Å². The molecule has 0 unspecified atom stereocenters. The Kier molecular flexibility index (Phi) is 4.11. The fraction of sp³-hybridized carbons (Fsp3) is 0.200. The van der Waals surface area contributed by atoms with Gasteiger partial charge < -0.3 is 10.8 Å². The van der Waals surface area contributed by atoms with Crippen LogP contribution in [0.1, 0.15) is 0 Å². The molecule has 0 heterocycles. The van der Waals surface area contributed by atoms with E-state index in [-0.39, 0.29) is 12.4 Å². The van der Waals surface area contributed by atoms with Crippen LogP contribution in [0.2, 0.25) is 0 Å². The number of aliphatic hydroxyl groups excluding tert-OH is 1. The van der Waals surface area contributed by atoms with Gasteiger partial charge in [0.25, 0.3) is 0 Å². The van der Waals surface area contributed by atoms with E-state index in [0.29, 0.717) is 0 Å². The Hall–Kier alpha value is -0.670. The summed E-state index contributed by atoms with van der Waals surface area (Å²) in [5.74, 6) is -0.293. The van der Waals surface area contributed by atoms with Gasteiger partial charge in [-0.2, -0.15) is 0 Å². The number of nitrogens with two attached hydrogens (primary N) is 1. The molecular formula is C5H8NO2. The minimum absolute atomic E-state index is 0.125. The predicted octanol–water partition coefficient (Wildman–Crippen LogP) is -0.776. The van der Waals surface area contributed by atoms with Crippen molar-refractivity contribution in [2.24, 2.45) is 5.73 Å². The summed E-state index contributed by atoms with van der Waals surface area (Å²) in [4.78, 5) is 10.2. The third-order valence-electron chi connectivity index (χ3n) is 0.552. The minimum atomic E-state index is -0.293. The standard InChI is InChI=1S/C5H8NO2/c6-4-5(8)2-1-3-7/h1-2,4,7H,3,6H2/b2-1+. The largest absolute Gasteiger partial charge is 0.392 e. The zero-order chi connectivity index (χ0) is 6.41. The first kappa shape index (κ1) is 7.33. The Morgan fingerprint density at radius 1 is 1.75 bits per heavy atom. The topological polar surface area (TPSA) is 63.3 Å². The quantitative estimate of drug-likeness (QED) is 0.473. The van der Waals surface area contributed by atoms with Crippen molar-refractivity contribution < 1.29 is 9.90 Å². The number of carbonyl (C=O) groups is 1. The molecule has 0 amide bonds. The lowest BCUT2D eigenvalue weighted by Gasteiger charge is -1.80. The van der Waals surface area contributed by atoms with Crippen molar-refractivity contribution in [2.45, 2.75) is 0 Å². The van der Waals surface area contributed by atoms with E-state index in [1.54, 1.807) is 0 Å². The molecule has 0 bridgehead atoms. The molecule has 0 rings (SSSR count). The monoisotopic (exact) mass is 114 g/mol. The van der Waals surface area contributed by atoms with Crippen LogP contribution >= 0.6 is 0 Å². The van der Waals surface area contributed by atoms with E-state index >= 15 is 0 Å².